The molecule has 0 aromatic rings. The molecule has 14 heavy (non-hydrogen) atoms. The van der Waals surface area contributed by atoms with Crippen molar-refractivity contribution in [3.05, 3.63) is 0 Å². The van der Waals surface area contributed by atoms with Crippen LogP contribution in [-0.2, 0) is 4.79 Å². The summed E-state index contributed by atoms with van der Waals surface area (Å²) >= 11 is 0. The van der Waals surface area contributed by atoms with Crippen LogP contribution in [0.4, 0.5) is 0 Å². The van der Waals surface area contributed by atoms with Crippen LogP contribution in [0, 0.1) is 11.8 Å². The largest absolute Gasteiger partial charge is 0.393 e. The van der Waals surface area contributed by atoms with Crippen molar-refractivity contribution in [2.75, 3.05) is 6.54 Å². The van der Waals surface area contributed by atoms with E-state index in [-0.39, 0.29) is 12.0 Å². The Balaban J connectivity index is 2.03. The third-order valence-corrected chi connectivity index (χ3v) is 3.03. The van der Waals surface area contributed by atoms with Crippen LogP contribution in [0.1, 0.15) is 39.5 Å². The van der Waals surface area contributed by atoms with Crippen LogP contribution in [0.3, 0.4) is 0 Å². The minimum Gasteiger partial charge on any atom is -0.393 e. The number of aliphatic hydroxyl groups is 1. The summed E-state index contributed by atoms with van der Waals surface area (Å²) in [5.74, 6) is 1.13. The molecule has 0 spiro atoms. The number of carbonyl (C=O) groups excluding carboxylic acids is 1. The standard InChI is InChI=1S/C11H21NO2/c1-3-8(2)4-11(14)12-7-9-5-10(13)6-9/h8-10,13H,3-7H2,1-2H3,(H,12,14). The maximum Gasteiger partial charge on any atom is 0.220 e. The second kappa shape index (κ2) is 5.35. The smallest absolute Gasteiger partial charge is 0.220 e. The Morgan fingerprint density at radius 1 is 1.57 bits per heavy atom. The predicted octanol–water partition coefficient (Wildman–Crippen LogP) is 1.31. The van der Waals surface area contributed by atoms with Crippen LogP contribution >= 0.6 is 0 Å². The Kier molecular flexibility index (Phi) is 4.39. The number of aliphatic hydroxyl groups excluding tert-OH is 1. The molecular formula is C11H21NO2. The van der Waals surface area contributed by atoms with Gasteiger partial charge in [-0.1, -0.05) is 20.3 Å². The molecule has 0 aliphatic heterocycles. The molecule has 1 atom stereocenters. The third kappa shape index (κ3) is 3.66. The maximum atomic E-state index is 11.4. The highest BCUT2D eigenvalue weighted by Gasteiger charge is 2.27. The van der Waals surface area contributed by atoms with E-state index in [1.54, 1.807) is 0 Å². The second-order valence-electron chi connectivity index (χ2n) is 4.51. The molecule has 0 aromatic carbocycles. The van der Waals surface area contributed by atoms with Crippen molar-refractivity contribution in [3.63, 3.8) is 0 Å². The lowest BCUT2D eigenvalue weighted by molar-refractivity contribution is -0.122. The van der Waals surface area contributed by atoms with Gasteiger partial charge in [-0.2, -0.15) is 0 Å². The fourth-order valence-electron chi connectivity index (χ4n) is 1.66. The fourth-order valence-corrected chi connectivity index (χ4v) is 1.66. The number of amides is 1. The van der Waals surface area contributed by atoms with E-state index in [4.69, 9.17) is 5.11 Å². The van der Waals surface area contributed by atoms with Crippen molar-refractivity contribution in [2.24, 2.45) is 11.8 Å². The Bertz CT molecular complexity index is 188. The zero-order chi connectivity index (χ0) is 10.6. The molecule has 1 fully saturated rings. The van der Waals surface area contributed by atoms with Gasteiger partial charge in [0, 0.05) is 13.0 Å². The molecule has 82 valence electrons. The van der Waals surface area contributed by atoms with Gasteiger partial charge in [0.1, 0.15) is 0 Å². The van der Waals surface area contributed by atoms with Gasteiger partial charge in [-0.15, -0.1) is 0 Å². The van der Waals surface area contributed by atoms with E-state index in [2.05, 4.69) is 19.2 Å². The Labute approximate surface area is 85.9 Å². The van der Waals surface area contributed by atoms with Gasteiger partial charge >= 0.3 is 0 Å². The zero-order valence-corrected chi connectivity index (χ0v) is 9.12. The molecule has 1 aliphatic rings. The SMILES string of the molecule is CCC(C)CC(=O)NCC1CC(O)C1. The number of hydrogen-bond donors (Lipinski definition) is 2. The molecule has 0 saturated heterocycles. The van der Waals surface area contributed by atoms with E-state index in [0.29, 0.717) is 18.3 Å². The summed E-state index contributed by atoms with van der Waals surface area (Å²) in [6, 6.07) is 0. The van der Waals surface area contributed by atoms with Crippen molar-refractivity contribution < 1.29 is 9.90 Å². The minimum absolute atomic E-state index is 0.119. The topological polar surface area (TPSA) is 49.3 Å². The van der Waals surface area contributed by atoms with Gasteiger partial charge in [0.15, 0.2) is 0 Å². The van der Waals surface area contributed by atoms with Gasteiger partial charge in [-0.25, -0.2) is 0 Å². The summed E-state index contributed by atoms with van der Waals surface area (Å²) in [7, 11) is 0. The van der Waals surface area contributed by atoms with E-state index in [1.807, 2.05) is 0 Å². The van der Waals surface area contributed by atoms with Crippen LogP contribution in [0.5, 0.6) is 0 Å². The molecule has 1 aliphatic carbocycles. The van der Waals surface area contributed by atoms with Crippen molar-refractivity contribution in [3.8, 4) is 0 Å². The van der Waals surface area contributed by atoms with E-state index in [9.17, 15) is 4.79 Å². The Morgan fingerprint density at radius 2 is 2.21 bits per heavy atom. The first-order chi connectivity index (χ1) is 6.61. The second-order valence-corrected chi connectivity index (χ2v) is 4.51. The highest BCUT2D eigenvalue weighted by Crippen LogP contribution is 2.26. The minimum atomic E-state index is -0.119. The first-order valence-electron chi connectivity index (χ1n) is 5.56. The molecule has 1 rings (SSSR count). The van der Waals surface area contributed by atoms with Crippen molar-refractivity contribution in [1.82, 2.24) is 5.32 Å². The maximum absolute atomic E-state index is 11.4. The number of rotatable bonds is 5. The molecule has 1 saturated carbocycles. The number of hydrogen-bond acceptors (Lipinski definition) is 2. The van der Waals surface area contributed by atoms with E-state index in [0.717, 1.165) is 25.8 Å². The molecule has 0 radical (unpaired) electrons. The van der Waals surface area contributed by atoms with Gasteiger partial charge in [-0.3, -0.25) is 4.79 Å². The van der Waals surface area contributed by atoms with Crippen LogP contribution in [0.2, 0.25) is 0 Å². The fraction of sp³-hybridized carbons (Fsp3) is 0.909. The molecule has 2 N–H and O–H groups in total. The van der Waals surface area contributed by atoms with Gasteiger partial charge in [0.25, 0.3) is 0 Å². The molecule has 1 unspecified atom stereocenters. The normalized spacial score (nSPS) is 27.9. The van der Waals surface area contributed by atoms with Gasteiger partial charge in [-0.05, 0) is 24.7 Å². The average molecular weight is 199 g/mol. The van der Waals surface area contributed by atoms with Crippen LogP contribution in [-0.4, -0.2) is 23.7 Å². The van der Waals surface area contributed by atoms with Crippen LogP contribution < -0.4 is 5.32 Å². The summed E-state index contributed by atoms with van der Waals surface area (Å²) in [6.45, 7) is 4.93. The molecule has 0 heterocycles. The van der Waals surface area contributed by atoms with E-state index in [1.165, 1.54) is 0 Å². The molecule has 0 aromatic heterocycles. The molecular weight excluding hydrogens is 178 g/mol. The summed E-state index contributed by atoms with van der Waals surface area (Å²) in [6.07, 6.45) is 3.26. The predicted molar refractivity (Wildman–Crippen MR) is 55.8 cm³/mol. The summed E-state index contributed by atoms with van der Waals surface area (Å²) < 4.78 is 0. The highest BCUT2D eigenvalue weighted by atomic mass is 16.3. The lowest BCUT2D eigenvalue weighted by atomic mass is 9.82. The summed E-state index contributed by atoms with van der Waals surface area (Å²) in [5, 5.41) is 12.0. The summed E-state index contributed by atoms with van der Waals surface area (Å²) in [5.41, 5.74) is 0. The number of nitrogens with one attached hydrogen (secondary N) is 1. The highest BCUT2D eigenvalue weighted by molar-refractivity contribution is 5.76. The average Bonchev–Trinajstić information content (AvgIpc) is 2.10. The van der Waals surface area contributed by atoms with Crippen LogP contribution in [0.15, 0.2) is 0 Å². The summed E-state index contributed by atoms with van der Waals surface area (Å²) in [4.78, 5) is 11.4. The van der Waals surface area contributed by atoms with Crippen LogP contribution in [0.25, 0.3) is 0 Å². The molecule has 0 bridgehead atoms. The van der Waals surface area contributed by atoms with Crippen molar-refractivity contribution in [2.45, 2.75) is 45.6 Å². The lowest BCUT2D eigenvalue weighted by Crippen LogP contribution is -2.38. The monoisotopic (exact) mass is 199 g/mol. The van der Waals surface area contributed by atoms with E-state index < -0.39 is 0 Å². The first kappa shape index (κ1) is 11.5. The van der Waals surface area contributed by atoms with Gasteiger partial charge in [0.2, 0.25) is 5.91 Å². The molecule has 3 heteroatoms. The Hall–Kier alpha value is -0.570. The van der Waals surface area contributed by atoms with Crippen molar-refractivity contribution >= 4 is 5.91 Å². The first-order valence-corrected chi connectivity index (χ1v) is 5.56. The van der Waals surface area contributed by atoms with E-state index >= 15 is 0 Å². The van der Waals surface area contributed by atoms with Crippen molar-refractivity contribution in [1.29, 1.82) is 0 Å². The zero-order valence-electron chi connectivity index (χ0n) is 9.12. The third-order valence-electron chi connectivity index (χ3n) is 3.03. The lowest BCUT2D eigenvalue weighted by Gasteiger charge is -2.31. The van der Waals surface area contributed by atoms with Gasteiger partial charge < -0.3 is 10.4 Å². The molecule has 1 amide bonds. The quantitative estimate of drug-likeness (QED) is 0.701. The van der Waals surface area contributed by atoms with Gasteiger partial charge in [0.05, 0.1) is 6.10 Å². The number of carbonyl (C=O) groups is 1. The Morgan fingerprint density at radius 3 is 2.71 bits per heavy atom. The molecule has 3 nitrogen and oxygen atoms in total.